The molecule has 0 aliphatic carbocycles. The van der Waals surface area contributed by atoms with Gasteiger partial charge in [-0.15, -0.1) is 11.3 Å². The van der Waals surface area contributed by atoms with Crippen molar-refractivity contribution in [3.05, 3.63) is 16.0 Å². The van der Waals surface area contributed by atoms with Crippen LogP contribution in [0.15, 0.2) is 0 Å². The number of ether oxygens (including phenoxy) is 1. The van der Waals surface area contributed by atoms with Gasteiger partial charge in [0, 0.05) is 11.4 Å². The number of thiophene rings is 1. The molecule has 0 aliphatic heterocycles. The molecule has 0 aromatic carbocycles. The summed E-state index contributed by atoms with van der Waals surface area (Å²) in [5, 5.41) is 7.57. The number of thiocarbonyl (C=S) groups is 1. The molecule has 20 heavy (non-hydrogen) atoms. The van der Waals surface area contributed by atoms with E-state index in [9.17, 15) is 4.79 Å². The number of nitrogens with one attached hydrogen (secondary N) is 2. The summed E-state index contributed by atoms with van der Waals surface area (Å²) in [6.07, 6.45) is 2.97. The van der Waals surface area contributed by atoms with Crippen LogP contribution in [0.4, 0.5) is 5.00 Å². The molecule has 4 nitrogen and oxygen atoms in total. The Balaban J connectivity index is 2.89. The highest BCUT2D eigenvalue weighted by Crippen LogP contribution is 2.33. The van der Waals surface area contributed by atoms with E-state index in [0.29, 0.717) is 10.7 Å². The lowest BCUT2D eigenvalue weighted by atomic mass is 10.1. The molecule has 1 heterocycles. The average molecular weight is 314 g/mol. The number of anilines is 1. The smallest absolute Gasteiger partial charge is 0.341 e. The summed E-state index contributed by atoms with van der Waals surface area (Å²) in [4.78, 5) is 13.1. The van der Waals surface area contributed by atoms with Crippen LogP contribution in [0.1, 0.15) is 47.5 Å². The Morgan fingerprint density at radius 1 is 1.40 bits per heavy atom. The van der Waals surface area contributed by atoms with Crippen LogP contribution in [-0.2, 0) is 11.2 Å². The third-order valence-electron chi connectivity index (χ3n) is 2.99. The van der Waals surface area contributed by atoms with E-state index in [1.807, 2.05) is 13.8 Å². The lowest BCUT2D eigenvalue weighted by Gasteiger charge is -2.10. The zero-order valence-corrected chi connectivity index (χ0v) is 14.1. The highest BCUT2D eigenvalue weighted by atomic mass is 32.1. The highest BCUT2D eigenvalue weighted by Gasteiger charge is 2.22. The van der Waals surface area contributed by atoms with Crippen LogP contribution in [0.2, 0.25) is 0 Å². The van der Waals surface area contributed by atoms with Gasteiger partial charge in [-0.2, -0.15) is 0 Å². The van der Waals surface area contributed by atoms with Crippen LogP contribution in [0, 0.1) is 6.92 Å². The minimum absolute atomic E-state index is 0.315. The first-order valence-corrected chi connectivity index (χ1v) is 8.02. The summed E-state index contributed by atoms with van der Waals surface area (Å²) < 4.78 is 4.88. The second kappa shape index (κ2) is 8.21. The SMILES string of the molecule is CCCCNC(=S)Nc1sc(C)c(CC)c1C(=O)OC. The Hall–Kier alpha value is -1.14. The van der Waals surface area contributed by atoms with E-state index in [-0.39, 0.29) is 5.97 Å². The van der Waals surface area contributed by atoms with Crippen molar-refractivity contribution in [1.29, 1.82) is 0 Å². The van der Waals surface area contributed by atoms with Crippen molar-refractivity contribution in [2.24, 2.45) is 0 Å². The molecule has 0 fully saturated rings. The number of hydrogen-bond acceptors (Lipinski definition) is 4. The van der Waals surface area contributed by atoms with E-state index >= 15 is 0 Å². The third-order valence-corrected chi connectivity index (χ3v) is 4.30. The van der Waals surface area contributed by atoms with Crippen LogP contribution >= 0.6 is 23.6 Å². The van der Waals surface area contributed by atoms with Gasteiger partial charge in [0.1, 0.15) is 5.00 Å². The van der Waals surface area contributed by atoms with E-state index in [1.54, 1.807) is 0 Å². The van der Waals surface area contributed by atoms with Gasteiger partial charge in [-0.05, 0) is 37.5 Å². The fourth-order valence-corrected chi connectivity index (χ4v) is 3.34. The second-order valence-electron chi connectivity index (χ2n) is 4.42. The van der Waals surface area contributed by atoms with Crippen molar-refractivity contribution in [1.82, 2.24) is 5.32 Å². The van der Waals surface area contributed by atoms with Crippen LogP contribution < -0.4 is 10.6 Å². The second-order valence-corrected chi connectivity index (χ2v) is 6.05. The predicted molar refractivity (Wildman–Crippen MR) is 88.9 cm³/mol. The minimum atomic E-state index is -0.315. The van der Waals surface area contributed by atoms with Crippen LogP contribution in [0.3, 0.4) is 0 Å². The van der Waals surface area contributed by atoms with Gasteiger partial charge in [-0.3, -0.25) is 0 Å². The summed E-state index contributed by atoms with van der Waals surface area (Å²) in [5.74, 6) is -0.315. The number of rotatable bonds is 6. The van der Waals surface area contributed by atoms with E-state index in [4.69, 9.17) is 17.0 Å². The Labute approximate surface area is 129 Å². The topological polar surface area (TPSA) is 50.4 Å². The molecule has 0 aliphatic rings. The maximum absolute atomic E-state index is 11.9. The number of esters is 1. The predicted octanol–water partition coefficient (Wildman–Crippen LogP) is 3.49. The molecule has 1 rings (SSSR count). The standard InChI is InChI=1S/C14H22N2O2S2/c1-5-7-8-15-14(19)16-12-11(13(17)18-4)10(6-2)9(3)20-12/h5-8H2,1-4H3,(H2,15,16,19). The number of carbonyl (C=O) groups is 1. The lowest BCUT2D eigenvalue weighted by molar-refractivity contribution is 0.0601. The molecule has 0 bridgehead atoms. The van der Waals surface area contributed by atoms with Crippen molar-refractivity contribution >= 4 is 39.6 Å². The molecule has 112 valence electrons. The summed E-state index contributed by atoms with van der Waals surface area (Å²) in [5.41, 5.74) is 1.64. The monoisotopic (exact) mass is 314 g/mol. The largest absolute Gasteiger partial charge is 0.465 e. The minimum Gasteiger partial charge on any atom is -0.465 e. The molecule has 0 radical (unpaired) electrons. The Morgan fingerprint density at radius 2 is 2.10 bits per heavy atom. The summed E-state index contributed by atoms with van der Waals surface area (Å²) in [6, 6.07) is 0. The number of methoxy groups -OCH3 is 1. The van der Waals surface area contributed by atoms with Crippen molar-refractivity contribution in [3.63, 3.8) is 0 Å². The fraction of sp³-hybridized carbons (Fsp3) is 0.571. The molecule has 0 unspecified atom stereocenters. The quantitative estimate of drug-likeness (QED) is 0.478. The van der Waals surface area contributed by atoms with Crippen LogP contribution in [-0.4, -0.2) is 24.7 Å². The lowest BCUT2D eigenvalue weighted by Crippen LogP contribution is -2.29. The first-order valence-electron chi connectivity index (χ1n) is 6.80. The average Bonchev–Trinajstić information content (AvgIpc) is 2.73. The van der Waals surface area contributed by atoms with Gasteiger partial charge in [0.15, 0.2) is 5.11 Å². The van der Waals surface area contributed by atoms with Gasteiger partial charge in [-0.25, -0.2) is 4.79 Å². The van der Waals surface area contributed by atoms with Gasteiger partial charge in [0.2, 0.25) is 0 Å². The number of aryl methyl sites for hydroxylation is 1. The van der Waals surface area contributed by atoms with E-state index in [2.05, 4.69) is 17.6 Å². The van der Waals surface area contributed by atoms with Crippen molar-refractivity contribution in [2.45, 2.75) is 40.0 Å². The number of unbranched alkanes of at least 4 members (excludes halogenated alkanes) is 1. The van der Waals surface area contributed by atoms with Gasteiger partial charge < -0.3 is 15.4 Å². The molecule has 0 saturated carbocycles. The van der Waals surface area contributed by atoms with E-state index in [0.717, 1.165) is 41.2 Å². The zero-order chi connectivity index (χ0) is 15.1. The summed E-state index contributed by atoms with van der Waals surface area (Å²) in [7, 11) is 1.40. The molecule has 2 N–H and O–H groups in total. The zero-order valence-electron chi connectivity index (χ0n) is 12.5. The maximum Gasteiger partial charge on any atom is 0.341 e. The van der Waals surface area contributed by atoms with Crippen LogP contribution in [0.5, 0.6) is 0 Å². The first-order chi connectivity index (χ1) is 9.54. The van der Waals surface area contributed by atoms with Crippen molar-refractivity contribution < 1.29 is 9.53 Å². The summed E-state index contributed by atoms with van der Waals surface area (Å²) in [6.45, 7) is 7.00. The van der Waals surface area contributed by atoms with Gasteiger partial charge in [0.05, 0.1) is 12.7 Å². The van der Waals surface area contributed by atoms with Gasteiger partial charge in [-0.1, -0.05) is 20.3 Å². The molecule has 6 heteroatoms. The number of carbonyl (C=O) groups excluding carboxylic acids is 1. The van der Waals surface area contributed by atoms with Gasteiger partial charge >= 0.3 is 5.97 Å². The molecule has 0 saturated heterocycles. The molecule has 0 spiro atoms. The van der Waals surface area contributed by atoms with E-state index in [1.165, 1.54) is 18.4 Å². The Kier molecular flexibility index (Phi) is 6.95. The molecule has 1 aromatic rings. The summed E-state index contributed by atoms with van der Waals surface area (Å²) >= 11 is 6.79. The van der Waals surface area contributed by atoms with Crippen LogP contribution in [0.25, 0.3) is 0 Å². The molecule has 0 amide bonds. The molecule has 1 aromatic heterocycles. The molecular formula is C14H22N2O2S2. The van der Waals surface area contributed by atoms with Crippen molar-refractivity contribution in [2.75, 3.05) is 19.0 Å². The molecule has 0 atom stereocenters. The maximum atomic E-state index is 11.9. The Bertz CT molecular complexity index is 484. The fourth-order valence-electron chi connectivity index (χ4n) is 1.94. The third kappa shape index (κ3) is 4.18. The van der Waals surface area contributed by atoms with Crippen molar-refractivity contribution in [3.8, 4) is 0 Å². The normalized spacial score (nSPS) is 10.2. The first kappa shape index (κ1) is 16.9. The van der Waals surface area contributed by atoms with Gasteiger partial charge in [0.25, 0.3) is 0 Å². The molecular weight excluding hydrogens is 292 g/mol. The highest BCUT2D eigenvalue weighted by molar-refractivity contribution is 7.80. The Morgan fingerprint density at radius 3 is 2.65 bits per heavy atom. The van der Waals surface area contributed by atoms with E-state index < -0.39 is 0 Å². The number of hydrogen-bond donors (Lipinski definition) is 2.